The van der Waals surface area contributed by atoms with Gasteiger partial charge in [0.15, 0.2) is 0 Å². The standard InChI is InChI=1S/C15H12N2O2S/c1-10-16-13-6-4-11(9-14(13)20-10)17-15(18)7-5-12-3-2-8-19-12/h2-9H,1H3,(H,17,18)/b7-5+. The summed E-state index contributed by atoms with van der Waals surface area (Å²) in [5, 5.41) is 3.83. The van der Waals surface area contributed by atoms with E-state index >= 15 is 0 Å². The Kier molecular flexibility index (Phi) is 3.35. The number of thiazole rings is 1. The first-order valence-electron chi connectivity index (χ1n) is 6.10. The molecular weight excluding hydrogens is 272 g/mol. The van der Waals surface area contributed by atoms with Gasteiger partial charge in [0, 0.05) is 11.8 Å². The molecule has 0 spiro atoms. The number of rotatable bonds is 3. The summed E-state index contributed by atoms with van der Waals surface area (Å²) in [7, 11) is 0. The Morgan fingerprint density at radius 3 is 3.10 bits per heavy atom. The Hall–Kier alpha value is -2.40. The van der Waals surface area contributed by atoms with Crippen molar-refractivity contribution in [2.45, 2.75) is 6.92 Å². The van der Waals surface area contributed by atoms with E-state index in [0.717, 1.165) is 20.9 Å². The molecule has 1 aromatic carbocycles. The lowest BCUT2D eigenvalue weighted by Crippen LogP contribution is -2.07. The van der Waals surface area contributed by atoms with E-state index in [4.69, 9.17) is 4.42 Å². The molecule has 0 aliphatic carbocycles. The molecule has 0 radical (unpaired) electrons. The average molecular weight is 284 g/mol. The number of anilines is 1. The van der Waals surface area contributed by atoms with Gasteiger partial charge in [-0.05, 0) is 43.3 Å². The molecule has 0 aliphatic heterocycles. The molecule has 0 bridgehead atoms. The highest BCUT2D eigenvalue weighted by Gasteiger charge is 2.03. The number of hydrogen-bond donors (Lipinski definition) is 1. The second-order valence-electron chi connectivity index (χ2n) is 4.25. The normalized spacial score (nSPS) is 11.2. The molecular formula is C15H12N2O2S. The third kappa shape index (κ3) is 2.78. The van der Waals surface area contributed by atoms with Crippen molar-refractivity contribution >= 4 is 39.2 Å². The van der Waals surface area contributed by atoms with Crippen LogP contribution in [0.3, 0.4) is 0 Å². The zero-order valence-electron chi connectivity index (χ0n) is 10.8. The monoisotopic (exact) mass is 284 g/mol. The lowest BCUT2D eigenvalue weighted by molar-refractivity contribution is -0.111. The second-order valence-corrected chi connectivity index (χ2v) is 5.49. The lowest BCUT2D eigenvalue weighted by atomic mass is 10.3. The maximum Gasteiger partial charge on any atom is 0.248 e. The molecule has 2 aromatic heterocycles. The van der Waals surface area contributed by atoms with Gasteiger partial charge in [-0.2, -0.15) is 0 Å². The summed E-state index contributed by atoms with van der Waals surface area (Å²) in [5.41, 5.74) is 1.71. The summed E-state index contributed by atoms with van der Waals surface area (Å²) in [6.07, 6.45) is 4.64. The molecule has 1 N–H and O–H groups in total. The van der Waals surface area contributed by atoms with Crippen LogP contribution in [0, 0.1) is 6.92 Å². The largest absolute Gasteiger partial charge is 0.465 e. The number of fused-ring (bicyclic) bond motifs is 1. The molecule has 1 amide bonds. The van der Waals surface area contributed by atoms with Crippen molar-refractivity contribution in [2.24, 2.45) is 0 Å². The van der Waals surface area contributed by atoms with E-state index in [1.807, 2.05) is 25.1 Å². The van der Waals surface area contributed by atoms with E-state index < -0.39 is 0 Å². The van der Waals surface area contributed by atoms with Gasteiger partial charge in [-0.25, -0.2) is 4.98 Å². The van der Waals surface area contributed by atoms with E-state index in [1.54, 1.807) is 35.8 Å². The quantitative estimate of drug-likeness (QED) is 0.743. The first kappa shape index (κ1) is 12.6. The summed E-state index contributed by atoms with van der Waals surface area (Å²) < 4.78 is 6.19. The van der Waals surface area contributed by atoms with Crippen LogP contribution in [0.2, 0.25) is 0 Å². The van der Waals surface area contributed by atoms with Gasteiger partial charge in [0.2, 0.25) is 5.91 Å². The molecule has 0 saturated heterocycles. The van der Waals surface area contributed by atoms with Crippen molar-refractivity contribution in [1.82, 2.24) is 4.98 Å². The first-order valence-corrected chi connectivity index (χ1v) is 6.92. The van der Waals surface area contributed by atoms with Gasteiger partial charge in [0.05, 0.1) is 21.5 Å². The fraction of sp³-hybridized carbons (Fsp3) is 0.0667. The van der Waals surface area contributed by atoms with Crippen molar-refractivity contribution in [2.75, 3.05) is 5.32 Å². The van der Waals surface area contributed by atoms with Gasteiger partial charge >= 0.3 is 0 Å². The smallest absolute Gasteiger partial charge is 0.248 e. The molecule has 4 nitrogen and oxygen atoms in total. The zero-order chi connectivity index (χ0) is 13.9. The number of nitrogens with zero attached hydrogens (tertiary/aromatic N) is 1. The highest BCUT2D eigenvalue weighted by Crippen LogP contribution is 2.24. The molecule has 2 heterocycles. The van der Waals surface area contributed by atoms with Crippen LogP contribution in [0.1, 0.15) is 10.8 Å². The molecule has 0 aliphatic rings. The minimum atomic E-state index is -0.193. The maximum atomic E-state index is 11.8. The van der Waals surface area contributed by atoms with Crippen LogP contribution in [0.4, 0.5) is 5.69 Å². The number of benzene rings is 1. The molecule has 0 saturated carbocycles. The highest BCUT2D eigenvalue weighted by molar-refractivity contribution is 7.18. The number of amides is 1. The summed E-state index contributed by atoms with van der Waals surface area (Å²) in [4.78, 5) is 16.2. The minimum Gasteiger partial charge on any atom is -0.465 e. The van der Waals surface area contributed by atoms with E-state index in [0.29, 0.717) is 5.76 Å². The van der Waals surface area contributed by atoms with Gasteiger partial charge in [-0.15, -0.1) is 11.3 Å². The third-order valence-corrected chi connectivity index (χ3v) is 3.64. The molecule has 0 unspecified atom stereocenters. The van der Waals surface area contributed by atoms with Gasteiger partial charge in [0.25, 0.3) is 0 Å². The van der Waals surface area contributed by atoms with Gasteiger partial charge in [0.1, 0.15) is 5.76 Å². The number of carbonyl (C=O) groups is 1. The number of hydrogen-bond acceptors (Lipinski definition) is 4. The van der Waals surface area contributed by atoms with Crippen LogP contribution >= 0.6 is 11.3 Å². The Morgan fingerprint density at radius 1 is 1.40 bits per heavy atom. The van der Waals surface area contributed by atoms with E-state index in [9.17, 15) is 4.79 Å². The van der Waals surface area contributed by atoms with Crippen molar-refractivity contribution in [1.29, 1.82) is 0 Å². The first-order chi connectivity index (χ1) is 9.70. The highest BCUT2D eigenvalue weighted by atomic mass is 32.1. The van der Waals surface area contributed by atoms with Crippen LogP contribution in [-0.2, 0) is 4.79 Å². The number of aromatic nitrogens is 1. The number of aryl methyl sites for hydroxylation is 1. The fourth-order valence-electron chi connectivity index (χ4n) is 1.85. The Balaban J connectivity index is 1.73. The Morgan fingerprint density at radius 2 is 2.30 bits per heavy atom. The van der Waals surface area contributed by atoms with Crippen molar-refractivity contribution in [3.8, 4) is 0 Å². The Bertz CT molecular complexity index is 772. The van der Waals surface area contributed by atoms with Crippen molar-refractivity contribution in [3.63, 3.8) is 0 Å². The van der Waals surface area contributed by atoms with Crippen molar-refractivity contribution < 1.29 is 9.21 Å². The van der Waals surface area contributed by atoms with Crippen LogP contribution in [0.25, 0.3) is 16.3 Å². The summed E-state index contributed by atoms with van der Waals surface area (Å²) in [6.45, 7) is 1.97. The molecule has 3 rings (SSSR count). The van der Waals surface area contributed by atoms with E-state index in [1.165, 1.54) is 6.08 Å². The van der Waals surface area contributed by atoms with Gasteiger partial charge in [-0.1, -0.05) is 0 Å². The Labute approximate surface area is 119 Å². The van der Waals surface area contributed by atoms with E-state index in [-0.39, 0.29) is 5.91 Å². The topological polar surface area (TPSA) is 55.1 Å². The second kappa shape index (κ2) is 5.30. The van der Waals surface area contributed by atoms with Gasteiger partial charge in [-0.3, -0.25) is 4.79 Å². The predicted octanol–water partition coefficient (Wildman–Crippen LogP) is 3.85. The molecule has 3 aromatic rings. The minimum absolute atomic E-state index is 0.193. The zero-order valence-corrected chi connectivity index (χ0v) is 11.6. The summed E-state index contributed by atoms with van der Waals surface area (Å²) in [6, 6.07) is 9.25. The predicted molar refractivity (Wildman–Crippen MR) is 80.7 cm³/mol. The van der Waals surface area contributed by atoms with Crippen LogP contribution < -0.4 is 5.32 Å². The molecule has 0 fully saturated rings. The average Bonchev–Trinajstić information content (AvgIpc) is 3.04. The van der Waals surface area contributed by atoms with Crippen LogP contribution in [0.15, 0.2) is 47.1 Å². The number of carbonyl (C=O) groups excluding carboxylic acids is 1. The third-order valence-electron chi connectivity index (χ3n) is 2.71. The number of nitrogens with one attached hydrogen (secondary N) is 1. The molecule has 0 atom stereocenters. The van der Waals surface area contributed by atoms with Crippen molar-refractivity contribution in [3.05, 3.63) is 53.4 Å². The summed E-state index contributed by atoms with van der Waals surface area (Å²) in [5.74, 6) is 0.454. The lowest BCUT2D eigenvalue weighted by Gasteiger charge is -2.01. The number of furan rings is 1. The molecule has 20 heavy (non-hydrogen) atoms. The summed E-state index contributed by atoms with van der Waals surface area (Å²) >= 11 is 1.61. The molecule has 100 valence electrons. The van der Waals surface area contributed by atoms with Crippen LogP contribution in [-0.4, -0.2) is 10.9 Å². The fourth-order valence-corrected chi connectivity index (χ4v) is 2.71. The van der Waals surface area contributed by atoms with Crippen LogP contribution in [0.5, 0.6) is 0 Å². The maximum absolute atomic E-state index is 11.8. The molecule has 5 heteroatoms. The van der Waals surface area contributed by atoms with Gasteiger partial charge < -0.3 is 9.73 Å². The SMILES string of the molecule is Cc1nc2ccc(NC(=O)/C=C/c3ccco3)cc2s1. The van der Waals surface area contributed by atoms with E-state index in [2.05, 4.69) is 10.3 Å².